The predicted octanol–water partition coefficient (Wildman–Crippen LogP) is 1.17. The molecule has 1 amide bonds. The highest BCUT2D eigenvalue weighted by Gasteiger charge is 2.26. The zero-order chi connectivity index (χ0) is 13.7. The molecule has 2 unspecified atom stereocenters. The van der Waals surface area contributed by atoms with Crippen LogP contribution in [0.25, 0.3) is 0 Å². The highest BCUT2D eigenvalue weighted by Crippen LogP contribution is 2.27. The molecular formula is C12H19N5OS. The van der Waals surface area contributed by atoms with Crippen LogP contribution in [-0.2, 0) is 0 Å². The highest BCUT2D eigenvalue weighted by molar-refractivity contribution is 7.99. The molecule has 0 radical (unpaired) electrons. The molecule has 2 rings (SSSR count). The van der Waals surface area contributed by atoms with Gasteiger partial charge in [0.05, 0.1) is 12.4 Å². The van der Waals surface area contributed by atoms with E-state index >= 15 is 0 Å². The number of hydrogen-bond acceptors (Lipinski definition) is 6. The molecule has 2 atom stereocenters. The molecule has 0 aromatic carbocycles. The summed E-state index contributed by atoms with van der Waals surface area (Å²) in [4.78, 5) is 20.1. The van der Waals surface area contributed by atoms with Crippen LogP contribution in [0.15, 0.2) is 12.4 Å². The first kappa shape index (κ1) is 14.1. The Hall–Kier alpha value is -1.34. The first-order valence-electron chi connectivity index (χ1n) is 6.37. The quantitative estimate of drug-likeness (QED) is 0.566. The third kappa shape index (κ3) is 3.57. The number of hydrogen-bond donors (Lipinski definition) is 3. The number of rotatable bonds is 4. The topological polar surface area (TPSA) is 92.9 Å². The average Bonchev–Trinajstić information content (AvgIpc) is 2.48. The maximum atomic E-state index is 12.1. The van der Waals surface area contributed by atoms with Gasteiger partial charge >= 0.3 is 0 Å². The van der Waals surface area contributed by atoms with E-state index in [2.05, 4.69) is 27.0 Å². The Kier molecular flexibility index (Phi) is 4.98. The first-order chi connectivity index (χ1) is 9.24. The number of thioether (sulfide) groups is 1. The van der Waals surface area contributed by atoms with Gasteiger partial charge in [-0.2, -0.15) is 11.8 Å². The molecule has 0 bridgehead atoms. The van der Waals surface area contributed by atoms with Crippen molar-refractivity contribution in [2.45, 2.75) is 37.0 Å². The van der Waals surface area contributed by atoms with Crippen LogP contribution in [0.2, 0.25) is 0 Å². The summed E-state index contributed by atoms with van der Waals surface area (Å²) >= 11 is 1.82. The van der Waals surface area contributed by atoms with E-state index in [1.807, 2.05) is 11.8 Å². The minimum absolute atomic E-state index is 0.165. The van der Waals surface area contributed by atoms with Crippen LogP contribution in [0.4, 0.5) is 5.82 Å². The van der Waals surface area contributed by atoms with Gasteiger partial charge < -0.3 is 10.7 Å². The Morgan fingerprint density at radius 2 is 2.16 bits per heavy atom. The molecule has 1 aromatic rings. The summed E-state index contributed by atoms with van der Waals surface area (Å²) in [6.45, 7) is 0. The van der Waals surface area contributed by atoms with Crippen molar-refractivity contribution in [3.63, 3.8) is 0 Å². The first-order valence-corrected chi connectivity index (χ1v) is 7.65. The van der Waals surface area contributed by atoms with Crippen molar-refractivity contribution in [3.05, 3.63) is 18.1 Å². The molecule has 1 aromatic heterocycles. The molecule has 1 saturated carbocycles. The molecule has 104 valence electrons. The van der Waals surface area contributed by atoms with E-state index in [9.17, 15) is 4.79 Å². The van der Waals surface area contributed by atoms with E-state index < -0.39 is 0 Å². The van der Waals surface area contributed by atoms with Gasteiger partial charge in [0.15, 0.2) is 5.82 Å². The van der Waals surface area contributed by atoms with Gasteiger partial charge in [0.2, 0.25) is 0 Å². The van der Waals surface area contributed by atoms with E-state index in [0.717, 1.165) is 12.8 Å². The molecule has 1 heterocycles. The fraction of sp³-hybridized carbons (Fsp3) is 0.583. The van der Waals surface area contributed by atoms with Crippen molar-refractivity contribution in [1.29, 1.82) is 0 Å². The zero-order valence-electron chi connectivity index (χ0n) is 10.9. The van der Waals surface area contributed by atoms with Crippen LogP contribution >= 0.6 is 11.8 Å². The fourth-order valence-corrected chi connectivity index (χ4v) is 3.24. The lowest BCUT2D eigenvalue weighted by Crippen LogP contribution is -2.43. The number of nitrogens with one attached hydrogen (secondary N) is 2. The Morgan fingerprint density at radius 1 is 1.37 bits per heavy atom. The lowest BCUT2D eigenvalue weighted by atomic mass is 9.95. The van der Waals surface area contributed by atoms with Gasteiger partial charge in [-0.1, -0.05) is 12.8 Å². The van der Waals surface area contributed by atoms with Crippen molar-refractivity contribution in [2.24, 2.45) is 5.84 Å². The second kappa shape index (κ2) is 6.72. The van der Waals surface area contributed by atoms with Crippen LogP contribution in [-0.4, -0.2) is 33.4 Å². The summed E-state index contributed by atoms with van der Waals surface area (Å²) in [5, 5.41) is 3.56. The number of amides is 1. The summed E-state index contributed by atoms with van der Waals surface area (Å²) < 4.78 is 0. The number of nitrogens with two attached hydrogens (primary N) is 1. The Morgan fingerprint density at radius 3 is 2.79 bits per heavy atom. The highest BCUT2D eigenvalue weighted by atomic mass is 32.2. The second-order valence-electron chi connectivity index (χ2n) is 4.57. The lowest BCUT2D eigenvalue weighted by Gasteiger charge is -2.30. The predicted molar refractivity (Wildman–Crippen MR) is 76.9 cm³/mol. The molecule has 19 heavy (non-hydrogen) atoms. The van der Waals surface area contributed by atoms with E-state index in [0.29, 0.717) is 16.8 Å². The SMILES string of the molecule is CSC1CCCCC1NC(=O)c1cnc(NN)cn1. The van der Waals surface area contributed by atoms with E-state index in [4.69, 9.17) is 5.84 Å². The van der Waals surface area contributed by atoms with Crippen LogP contribution < -0.4 is 16.6 Å². The molecular weight excluding hydrogens is 262 g/mol. The number of hydrazine groups is 1. The number of anilines is 1. The maximum Gasteiger partial charge on any atom is 0.271 e. The van der Waals surface area contributed by atoms with Crippen molar-refractivity contribution in [3.8, 4) is 0 Å². The molecule has 6 nitrogen and oxygen atoms in total. The third-order valence-corrected chi connectivity index (χ3v) is 4.52. The summed E-state index contributed by atoms with van der Waals surface area (Å²) in [7, 11) is 0. The maximum absolute atomic E-state index is 12.1. The van der Waals surface area contributed by atoms with Gasteiger partial charge in [0, 0.05) is 11.3 Å². The van der Waals surface area contributed by atoms with E-state index in [1.165, 1.54) is 25.2 Å². The Bertz CT molecular complexity index is 425. The van der Waals surface area contributed by atoms with E-state index in [-0.39, 0.29) is 11.9 Å². The summed E-state index contributed by atoms with van der Waals surface area (Å²) in [5.41, 5.74) is 2.71. The number of carbonyl (C=O) groups excluding carboxylic acids is 1. The normalized spacial score (nSPS) is 22.8. The number of nitrogen functional groups attached to an aromatic ring is 1. The second-order valence-corrected chi connectivity index (χ2v) is 5.65. The van der Waals surface area contributed by atoms with Crippen LogP contribution in [0.3, 0.4) is 0 Å². The Balaban J connectivity index is 1.98. The third-order valence-electron chi connectivity index (χ3n) is 3.35. The van der Waals surface area contributed by atoms with Crippen molar-refractivity contribution in [1.82, 2.24) is 15.3 Å². The van der Waals surface area contributed by atoms with Gasteiger partial charge in [-0.25, -0.2) is 15.8 Å². The molecule has 1 fully saturated rings. The van der Waals surface area contributed by atoms with Crippen molar-refractivity contribution < 1.29 is 4.79 Å². The molecule has 0 spiro atoms. The van der Waals surface area contributed by atoms with Crippen LogP contribution in [0, 0.1) is 0 Å². The van der Waals surface area contributed by atoms with Gasteiger partial charge in [-0.3, -0.25) is 4.79 Å². The monoisotopic (exact) mass is 281 g/mol. The Labute approximate surface area is 116 Å². The molecule has 0 aliphatic heterocycles. The number of carbonyl (C=O) groups is 1. The van der Waals surface area contributed by atoms with Crippen molar-refractivity contribution in [2.75, 3.05) is 11.7 Å². The minimum atomic E-state index is -0.165. The minimum Gasteiger partial charge on any atom is -0.347 e. The molecule has 0 saturated heterocycles. The van der Waals surface area contributed by atoms with Gasteiger partial charge in [0.1, 0.15) is 5.69 Å². The smallest absolute Gasteiger partial charge is 0.271 e. The standard InChI is InChI=1S/C12H19N5OS/c1-19-10-5-3-2-4-8(10)16-12(18)9-6-15-11(17-13)7-14-9/h6-8,10H,2-5,13H2,1H3,(H,15,17)(H,16,18). The average molecular weight is 281 g/mol. The number of nitrogens with zero attached hydrogens (tertiary/aromatic N) is 2. The molecule has 7 heteroatoms. The summed E-state index contributed by atoms with van der Waals surface area (Å²) in [5.74, 6) is 5.48. The molecule has 1 aliphatic carbocycles. The largest absolute Gasteiger partial charge is 0.347 e. The van der Waals surface area contributed by atoms with Crippen LogP contribution in [0.1, 0.15) is 36.2 Å². The van der Waals surface area contributed by atoms with Crippen molar-refractivity contribution >= 4 is 23.5 Å². The molecule has 4 N–H and O–H groups in total. The van der Waals surface area contributed by atoms with Gasteiger partial charge in [0.25, 0.3) is 5.91 Å². The summed E-state index contributed by atoms with van der Waals surface area (Å²) in [6, 6.07) is 0.227. The zero-order valence-corrected chi connectivity index (χ0v) is 11.7. The van der Waals surface area contributed by atoms with Crippen LogP contribution in [0.5, 0.6) is 0 Å². The number of aromatic nitrogens is 2. The summed E-state index contributed by atoms with van der Waals surface area (Å²) in [6.07, 6.45) is 9.58. The van der Waals surface area contributed by atoms with Gasteiger partial charge in [-0.15, -0.1) is 0 Å². The van der Waals surface area contributed by atoms with Gasteiger partial charge in [-0.05, 0) is 19.1 Å². The molecule has 1 aliphatic rings. The lowest BCUT2D eigenvalue weighted by molar-refractivity contribution is 0.0924. The van der Waals surface area contributed by atoms with E-state index in [1.54, 1.807) is 0 Å². The fourth-order valence-electron chi connectivity index (χ4n) is 2.31.